The standard InChI is InChI=1S/C9H9FN3S/c1-6(12-13-9(11)14)7-4-2-3-5-8(7)10/h2-5H,1H2,(H3,11,13,14). The summed E-state index contributed by atoms with van der Waals surface area (Å²) in [5.74, 6) is -0.383. The van der Waals surface area contributed by atoms with Gasteiger partial charge in [-0.1, -0.05) is 18.2 Å². The first kappa shape index (κ1) is 10.6. The van der Waals surface area contributed by atoms with Crippen molar-refractivity contribution in [1.82, 2.24) is 5.43 Å². The van der Waals surface area contributed by atoms with Gasteiger partial charge in [0.1, 0.15) is 5.82 Å². The second kappa shape index (κ2) is 4.66. The van der Waals surface area contributed by atoms with E-state index < -0.39 is 0 Å². The van der Waals surface area contributed by atoms with Crippen LogP contribution in [-0.4, -0.2) is 10.8 Å². The minimum absolute atomic E-state index is 0.0162. The number of benzene rings is 1. The fraction of sp³-hybridized carbons (Fsp3) is 0. The molecule has 14 heavy (non-hydrogen) atoms. The molecule has 0 aliphatic carbocycles. The maximum atomic E-state index is 13.2. The van der Waals surface area contributed by atoms with E-state index in [0.717, 1.165) is 0 Å². The molecule has 1 radical (unpaired) electrons. The van der Waals surface area contributed by atoms with Crippen LogP contribution in [0, 0.1) is 12.7 Å². The molecule has 0 fully saturated rings. The average molecular weight is 210 g/mol. The van der Waals surface area contributed by atoms with Crippen molar-refractivity contribution < 1.29 is 4.39 Å². The molecular formula is C9H9FN3S. The largest absolute Gasteiger partial charge is 0.375 e. The molecule has 0 heterocycles. The fourth-order valence-electron chi connectivity index (χ4n) is 0.878. The van der Waals surface area contributed by atoms with Gasteiger partial charge in [0, 0.05) is 5.56 Å². The summed E-state index contributed by atoms with van der Waals surface area (Å²) in [4.78, 5) is 0. The van der Waals surface area contributed by atoms with Crippen molar-refractivity contribution in [3.8, 4) is 0 Å². The van der Waals surface area contributed by atoms with Crippen LogP contribution in [0.1, 0.15) is 5.56 Å². The van der Waals surface area contributed by atoms with Crippen molar-refractivity contribution >= 4 is 23.0 Å². The molecule has 0 aromatic heterocycles. The summed E-state index contributed by atoms with van der Waals surface area (Å²) in [7, 11) is 0. The molecule has 1 aromatic carbocycles. The summed E-state index contributed by atoms with van der Waals surface area (Å²) < 4.78 is 13.2. The highest BCUT2D eigenvalue weighted by Gasteiger charge is 2.03. The Bertz CT molecular complexity index is 376. The number of thiocarbonyl (C=S) groups is 1. The van der Waals surface area contributed by atoms with Crippen molar-refractivity contribution in [2.45, 2.75) is 0 Å². The van der Waals surface area contributed by atoms with E-state index in [1.807, 2.05) is 0 Å². The van der Waals surface area contributed by atoms with Crippen LogP contribution in [0.4, 0.5) is 4.39 Å². The second-order valence-electron chi connectivity index (χ2n) is 2.51. The van der Waals surface area contributed by atoms with Crippen LogP contribution in [0.2, 0.25) is 0 Å². The molecule has 3 N–H and O–H groups in total. The van der Waals surface area contributed by atoms with Gasteiger partial charge in [-0.25, -0.2) is 4.39 Å². The Morgan fingerprint density at radius 2 is 2.14 bits per heavy atom. The van der Waals surface area contributed by atoms with Gasteiger partial charge in [-0.3, -0.25) is 5.43 Å². The first-order valence-electron chi connectivity index (χ1n) is 3.81. The van der Waals surface area contributed by atoms with Crippen LogP contribution < -0.4 is 11.2 Å². The molecule has 0 aliphatic rings. The van der Waals surface area contributed by atoms with Gasteiger partial charge in [0.2, 0.25) is 0 Å². The molecule has 3 nitrogen and oxygen atoms in total. The summed E-state index contributed by atoms with van der Waals surface area (Å²) in [5, 5.41) is 3.72. The van der Waals surface area contributed by atoms with Gasteiger partial charge in [0.25, 0.3) is 0 Å². The molecule has 0 saturated carbocycles. The average Bonchev–Trinajstić information content (AvgIpc) is 2.15. The third kappa shape index (κ3) is 2.77. The Hall–Kier alpha value is -1.49. The van der Waals surface area contributed by atoms with Gasteiger partial charge in [0.15, 0.2) is 5.11 Å². The van der Waals surface area contributed by atoms with Gasteiger partial charge in [-0.15, -0.1) is 0 Å². The Morgan fingerprint density at radius 1 is 1.50 bits per heavy atom. The SMILES string of the molecule is [CH2]C(=NNC(N)=S)c1ccccc1F. The van der Waals surface area contributed by atoms with Gasteiger partial charge in [-0.05, 0) is 25.2 Å². The van der Waals surface area contributed by atoms with Crippen LogP contribution >= 0.6 is 12.2 Å². The topological polar surface area (TPSA) is 50.4 Å². The smallest absolute Gasteiger partial charge is 0.184 e. The first-order chi connectivity index (χ1) is 6.61. The van der Waals surface area contributed by atoms with Gasteiger partial charge in [-0.2, -0.15) is 5.10 Å². The monoisotopic (exact) mass is 210 g/mol. The number of nitrogens with zero attached hydrogens (tertiary/aromatic N) is 1. The zero-order chi connectivity index (χ0) is 10.6. The Balaban J connectivity index is 2.89. The van der Waals surface area contributed by atoms with Gasteiger partial charge < -0.3 is 5.73 Å². The summed E-state index contributed by atoms with van der Waals surface area (Å²) in [6.45, 7) is 3.57. The summed E-state index contributed by atoms with van der Waals surface area (Å²) >= 11 is 4.53. The van der Waals surface area contributed by atoms with E-state index in [2.05, 4.69) is 29.7 Å². The highest BCUT2D eigenvalue weighted by Crippen LogP contribution is 2.06. The van der Waals surface area contributed by atoms with E-state index in [0.29, 0.717) is 5.56 Å². The molecule has 0 bridgehead atoms. The first-order valence-corrected chi connectivity index (χ1v) is 4.22. The van der Waals surface area contributed by atoms with E-state index in [4.69, 9.17) is 5.73 Å². The van der Waals surface area contributed by atoms with E-state index in [1.165, 1.54) is 6.07 Å². The number of hydrogen-bond acceptors (Lipinski definition) is 2. The molecule has 0 aliphatic heterocycles. The molecule has 0 atom stereocenters. The fourth-order valence-corrected chi connectivity index (χ4v) is 0.924. The van der Waals surface area contributed by atoms with E-state index in [9.17, 15) is 4.39 Å². The number of halogens is 1. The number of hydrazone groups is 1. The van der Waals surface area contributed by atoms with Crippen molar-refractivity contribution in [1.29, 1.82) is 0 Å². The normalized spacial score (nSPS) is 11.1. The predicted octanol–water partition coefficient (Wildman–Crippen LogP) is 1.20. The summed E-state index contributed by atoms with van der Waals surface area (Å²) in [6.07, 6.45) is 0. The molecule has 0 spiro atoms. The number of nitrogens with one attached hydrogen (secondary N) is 1. The third-order valence-electron chi connectivity index (χ3n) is 1.49. The minimum Gasteiger partial charge on any atom is -0.375 e. The van der Waals surface area contributed by atoms with Crippen molar-refractivity contribution in [3.63, 3.8) is 0 Å². The Morgan fingerprint density at radius 3 is 2.71 bits per heavy atom. The molecule has 1 aromatic rings. The lowest BCUT2D eigenvalue weighted by atomic mass is 10.1. The lowest BCUT2D eigenvalue weighted by Crippen LogP contribution is -2.25. The molecule has 73 valence electrons. The van der Waals surface area contributed by atoms with E-state index in [1.54, 1.807) is 18.2 Å². The van der Waals surface area contributed by atoms with Crippen molar-refractivity contribution in [2.24, 2.45) is 10.8 Å². The third-order valence-corrected chi connectivity index (χ3v) is 1.58. The van der Waals surface area contributed by atoms with Crippen LogP contribution in [-0.2, 0) is 0 Å². The highest BCUT2D eigenvalue weighted by atomic mass is 32.1. The Labute approximate surface area is 86.8 Å². The maximum absolute atomic E-state index is 13.2. The number of nitrogens with two attached hydrogens (primary N) is 1. The zero-order valence-corrected chi connectivity index (χ0v) is 8.14. The minimum atomic E-state index is -0.383. The lowest BCUT2D eigenvalue weighted by molar-refractivity contribution is 0.625. The van der Waals surface area contributed by atoms with Crippen molar-refractivity contribution in [2.75, 3.05) is 0 Å². The molecule has 1 rings (SSSR count). The predicted molar refractivity (Wildman–Crippen MR) is 58.2 cm³/mol. The number of hydrogen-bond donors (Lipinski definition) is 2. The van der Waals surface area contributed by atoms with Crippen LogP contribution in [0.5, 0.6) is 0 Å². The van der Waals surface area contributed by atoms with Crippen LogP contribution in [0.15, 0.2) is 29.4 Å². The molecule has 0 unspecified atom stereocenters. The van der Waals surface area contributed by atoms with Crippen LogP contribution in [0.25, 0.3) is 0 Å². The van der Waals surface area contributed by atoms with Crippen molar-refractivity contribution in [3.05, 3.63) is 42.6 Å². The van der Waals surface area contributed by atoms with E-state index in [-0.39, 0.29) is 16.6 Å². The van der Waals surface area contributed by atoms with Gasteiger partial charge >= 0.3 is 0 Å². The highest BCUT2D eigenvalue weighted by molar-refractivity contribution is 7.80. The Kier molecular flexibility index (Phi) is 3.53. The summed E-state index contributed by atoms with van der Waals surface area (Å²) in [6, 6.07) is 6.19. The van der Waals surface area contributed by atoms with Gasteiger partial charge in [0.05, 0.1) is 5.71 Å². The quantitative estimate of drug-likeness (QED) is 0.438. The van der Waals surface area contributed by atoms with Crippen LogP contribution in [0.3, 0.4) is 0 Å². The second-order valence-corrected chi connectivity index (χ2v) is 2.95. The maximum Gasteiger partial charge on any atom is 0.184 e. The molecule has 5 heteroatoms. The number of rotatable bonds is 2. The lowest BCUT2D eigenvalue weighted by Gasteiger charge is -2.02. The zero-order valence-electron chi connectivity index (χ0n) is 7.33. The van der Waals surface area contributed by atoms with E-state index >= 15 is 0 Å². The molecule has 0 saturated heterocycles. The summed E-state index contributed by atoms with van der Waals surface area (Å²) in [5.41, 5.74) is 8.05. The molecular weight excluding hydrogens is 201 g/mol. The molecule has 0 amide bonds.